The molecule has 1 fully saturated rings. The molecule has 1 saturated carbocycles. The Morgan fingerprint density at radius 1 is 1.32 bits per heavy atom. The molecule has 0 bridgehead atoms. The molecule has 2 amide bonds. The van der Waals surface area contributed by atoms with Gasteiger partial charge in [0.1, 0.15) is 0 Å². The molecule has 0 spiro atoms. The van der Waals surface area contributed by atoms with Crippen LogP contribution in [0.5, 0.6) is 0 Å². The van der Waals surface area contributed by atoms with Crippen LogP contribution in [0.4, 0.5) is 10.5 Å². The average molecular weight is 300 g/mol. The zero-order valence-corrected chi connectivity index (χ0v) is 12.3. The molecule has 0 radical (unpaired) electrons. The van der Waals surface area contributed by atoms with Crippen molar-refractivity contribution in [1.82, 2.24) is 15.1 Å². The maximum absolute atomic E-state index is 11.8. The predicted molar refractivity (Wildman–Crippen MR) is 83.5 cm³/mol. The fourth-order valence-electron chi connectivity index (χ4n) is 2.30. The molecule has 6 nitrogen and oxygen atoms in total. The second kappa shape index (κ2) is 6.19. The van der Waals surface area contributed by atoms with E-state index in [1.165, 1.54) is 0 Å². The van der Waals surface area contributed by atoms with Crippen molar-refractivity contribution in [2.75, 3.05) is 18.5 Å². The Balaban J connectivity index is 1.50. The molecular weight excluding hydrogens is 280 g/mol. The van der Waals surface area contributed by atoms with Gasteiger partial charge in [-0.15, -0.1) is 0 Å². The van der Waals surface area contributed by atoms with Gasteiger partial charge in [0.25, 0.3) is 0 Å². The van der Waals surface area contributed by atoms with Crippen LogP contribution in [0.25, 0.3) is 0 Å². The second-order valence-corrected chi connectivity index (χ2v) is 5.88. The van der Waals surface area contributed by atoms with Crippen LogP contribution in [-0.2, 0) is 6.54 Å². The number of aliphatic hydroxyl groups is 1. The highest BCUT2D eigenvalue weighted by atomic mass is 16.3. The van der Waals surface area contributed by atoms with Crippen LogP contribution in [-0.4, -0.2) is 34.1 Å². The summed E-state index contributed by atoms with van der Waals surface area (Å²) in [7, 11) is 0. The fraction of sp³-hybridized carbons (Fsp3) is 0.375. The molecule has 1 aliphatic carbocycles. The van der Waals surface area contributed by atoms with Crippen molar-refractivity contribution in [3.8, 4) is 0 Å². The SMILES string of the molecule is O=C(NCC1(CO)CC1)Nc1cnn(Cc2ccccc2)c1. The van der Waals surface area contributed by atoms with Crippen molar-refractivity contribution in [3.63, 3.8) is 0 Å². The highest BCUT2D eigenvalue weighted by Gasteiger charge is 2.42. The number of nitrogens with one attached hydrogen (secondary N) is 2. The monoisotopic (exact) mass is 300 g/mol. The highest BCUT2D eigenvalue weighted by Crippen LogP contribution is 2.44. The number of urea groups is 1. The Morgan fingerprint density at radius 2 is 2.09 bits per heavy atom. The van der Waals surface area contributed by atoms with E-state index < -0.39 is 0 Å². The third kappa shape index (κ3) is 3.65. The number of hydrogen-bond acceptors (Lipinski definition) is 3. The zero-order valence-electron chi connectivity index (χ0n) is 12.3. The lowest BCUT2D eigenvalue weighted by molar-refractivity contribution is 0.206. The Labute approximate surface area is 129 Å². The van der Waals surface area contributed by atoms with Crippen LogP contribution in [0, 0.1) is 5.41 Å². The van der Waals surface area contributed by atoms with Gasteiger partial charge in [-0.1, -0.05) is 30.3 Å². The molecule has 0 atom stereocenters. The number of aromatic nitrogens is 2. The molecule has 6 heteroatoms. The van der Waals surface area contributed by atoms with Crippen molar-refractivity contribution in [2.24, 2.45) is 5.41 Å². The Morgan fingerprint density at radius 3 is 2.77 bits per heavy atom. The topological polar surface area (TPSA) is 79.2 Å². The van der Waals surface area contributed by atoms with Gasteiger partial charge in [0.15, 0.2) is 0 Å². The van der Waals surface area contributed by atoms with Crippen LogP contribution in [0.15, 0.2) is 42.7 Å². The normalized spacial score (nSPS) is 15.3. The Hall–Kier alpha value is -2.34. The van der Waals surface area contributed by atoms with E-state index in [1.807, 2.05) is 30.3 Å². The number of carbonyl (C=O) groups excluding carboxylic acids is 1. The van der Waals surface area contributed by atoms with Crippen molar-refractivity contribution in [2.45, 2.75) is 19.4 Å². The molecule has 0 saturated heterocycles. The van der Waals surface area contributed by atoms with Crippen LogP contribution in [0.3, 0.4) is 0 Å². The Kier molecular flexibility index (Phi) is 4.11. The molecule has 1 aliphatic rings. The molecule has 0 aliphatic heterocycles. The van der Waals surface area contributed by atoms with Crippen molar-refractivity contribution >= 4 is 11.7 Å². The number of hydrogen-bond donors (Lipinski definition) is 3. The molecular formula is C16H20N4O2. The standard InChI is InChI=1S/C16H20N4O2/c21-12-16(6-7-16)11-17-15(22)19-14-8-18-20(10-14)9-13-4-2-1-3-5-13/h1-5,8,10,21H,6-7,9,11-12H2,(H2,17,19,22). The quantitative estimate of drug-likeness (QED) is 0.761. The summed E-state index contributed by atoms with van der Waals surface area (Å²) in [5.74, 6) is 0. The molecule has 1 aromatic heterocycles. The summed E-state index contributed by atoms with van der Waals surface area (Å²) in [6, 6.07) is 9.75. The predicted octanol–water partition coefficient (Wildman–Crippen LogP) is 1.83. The fourth-order valence-corrected chi connectivity index (χ4v) is 2.30. The zero-order chi connectivity index (χ0) is 15.4. The first-order chi connectivity index (χ1) is 10.7. The molecule has 2 aromatic rings. The number of anilines is 1. The molecule has 1 heterocycles. The first kappa shape index (κ1) is 14.6. The van der Waals surface area contributed by atoms with Crippen molar-refractivity contribution in [3.05, 3.63) is 48.3 Å². The first-order valence-electron chi connectivity index (χ1n) is 7.41. The minimum absolute atomic E-state index is 0.0885. The van der Waals surface area contributed by atoms with Crippen LogP contribution in [0.2, 0.25) is 0 Å². The summed E-state index contributed by atoms with van der Waals surface area (Å²) in [5, 5.41) is 19.0. The smallest absolute Gasteiger partial charge is 0.319 e. The van der Waals surface area contributed by atoms with Gasteiger partial charge < -0.3 is 15.7 Å². The summed E-state index contributed by atoms with van der Waals surface area (Å²) in [4.78, 5) is 11.8. The lowest BCUT2D eigenvalue weighted by Gasteiger charge is -2.12. The maximum Gasteiger partial charge on any atom is 0.319 e. The van der Waals surface area contributed by atoms with Gasteiger partial charge in [0, 0.05) is 18.2 Å². The highest BCUT2D eigenvalue weighted by molar-refractivity contribution is 5.88. The molecule has 116 valence electrons. The largest absolute Gasteiger partial charge is 0.396 e. The van der Waals surface area contributed by atoms with Crippen LogP contribution < -0.4 is 10.6 Å². The summed E-state index contributed by atoms with van der Waals surface area (Å²) in [6.45, 7) is 1.30. The van der Waals surface area contributed by atoms with E-state index in [0.29, 0.717) is 18.8 Å². The average Bonchev–Trinajstić information content (AvgIpc) is 3.20. The summed E-state index contributed by atoms with van der Waals surface area (Å²) in [6.07, 6.45) is 5.37. The second-order valence-electron chi connectivity index (χ2n) is 5.88. The molecule has 3 N–H and O–H groups in total. The van der Waals surface area contributed by atoms with Gasteiger partial charge in [-0.3, -0.25) is 4.68 Å². The lowest BCUT2D eigenvalue weighted by atomic mass is 10.1. The lowest BCUT2D eigenvalue weighted by Crippen LogP contribution is -2.34. The molecule has 22 heavy (non-hydrogen) atoms. The summed E-state index contributed by atoms with van der Waals surface area (Å²) < 4.78 is 1.78. The number of aliphatic hydroxyl groups excluding tert-OH is 1. The number of carbonyl (C=O) groups is 1. The minimum Gasteiger partial charge on any atom is -0.396 e. The van der Waals surface area contributed by atoms with Gasteiger partial charge in [-0.25, -0.2) is 4.79 Å². The minimum atomic E-state index is -0.265. The van der Waals surface area contributed by atoms with E-state index in [9.17, 15) is 9.90 Å². The maximum atomic E-state index is 11.8. The van der Waals surface area contributed by atoms with Crippen molar-refractivity contribution < 1.29 is 9.90 Å². The van der Waals surface area contributed by atoms with Crippen LogP contribution in [0.1, 0.15) is 18.4 Å². The van der Waals surface area contributed by atoms with Crippen LogP contribution >= 0.6 is 0 Å². The van der Waals surface area contributed by atoms with E-state index >= 15 is 0 Å². The van der Waals surface area contributed by atoms with Gasteiger partial charge in [-0.05, 0) is 18.4 Å². The van der Waals surface area contributed by atoms with Gasteiger partial charge >= 0.3 is 6.03 Å². The van der Waals surface area contributed by atoms with E-state index in [1.54, 1.807) is 17.1 Å². The van der Waals surface area contributed by atoms with E-state index in [4.69, 9.17) is 0 Å². The summed E-state index contributed by atoms with van der Waals surface area (Å²) >= 11 is 0. The van der Waals surface area contributed by atoms with Crippen molar-refractivity contribution in [1.29, 1.82) is 0 Å². The first-order valence-corrected chi connectivity index (χ1v) is 7.41. The number of amides is 2. The van der Waals surface area contributed by atoms with E-state index in [2.05, 4.69) is 15.7 Å². The number of rotatable bonds is 6. The van der Waals surface area contributed by atoms with E-state index in [-0.39, 0.29) is 18.1 Å². The Bertz CT molecular complexity index is 635. The molecule has 0 unspecified atom stereocenters. The van der Waals surface area contributed by atoms with Gasteiger partial charge in [0.2, 0.25) is 0 Å². The number of benzene rings is 1. The van der Waals surface area contributed by atoms with E-state index in [0.717, 1.165) is 18.4 Å². The summed E-state index contributed by atoms with van der Waals surface area (Å²) in [5.41, 5.74) is 1.72. The third-order valence-corrected chi connectivity index (χ3v) is 3.99. The van der Waals surface area contributed by atoms with Gasteiger partial charge in [-0.2, -0.15) is 5.10 Å². The molecule has 1 aromatic carbocycles. The number of nitrogens with zero attached hydrogens (tertiary/aromatic N) is 2. The van der Waals surface area contributed by atoms with Gasteiger partial charge in [0.05, 0.1) is 25.0 Å². The third-order valence-electron chi connectivity index (χ3n) is 3.99. The molecule has 3 rings (SSSR count).